The number of aromatic nitrogens is 2. The van der Waals surface area contributed by atoms with Crippen LogP contribution in [-0.4, -0.2) is 10.1 Å². The molecular weight excluding hydrogens is 226 g/mol. The number of hydrogen-bond acceptors (Lipinski definition) is 4. The minimum atomic E-state index is -0.178. The highest BCUT2D eigenvalue weighted by atomic mass is 16.5. The maximum absolute atomic E-state index is 5.96. The normalized spacial score (nSPS) is 12.9. The maximum atomic E-state index is 5.96. The summed E-state index contributed by atoms with van der Waals surface area (Å²) >= 11 is 0. The van der Waals surface area contributed by atoms with Gasteiger partial charge in [0.15, 0.2) is 5.82 Å². The molecule has 2 rings (SSSR count). The molecule has 0 fully saturated rings. The van der Waals surface area contributed by atoms with Crippen LogP contribution in [0.15, 0.2) is 34.9 Å². The third-order valence-corrected chi connectivity index (χ3v) is 2.97. The van der Waals surface area contributed by atoms with Gasteiger partial charge in [-0.1, -0.05) is 49.3 Å². The topological polar surface area (TPSA) is 64.9 Å². The second kappa shape index (κ2) is 5.78. The van der Waals surface area contributed by atoms with Crippen molar-refractivity contribution in [2.45, 2.75) is 32.7 Å². The van der Waals surface area contributed by atoms with E-state index in [0.29, 0.717) is 11.8 Å². The number of nitrogens with zero attached hydrogens (tertiary/aromatic N) is 2. The second-order valence-corrected chi connectivity index (χ2v) is 4.80. The molecule has 18 heavy (non-hydrogen) atoms. The Morgan fingerprint density at radius 3 is 2.56 bits per heavy atom. The fraction of sp³-hybridized carbons (Fsp3) is 0.429. The number of aryl methyl sites for hydroxylation is 2. The molecule has 0 aliphatic carbocycles. The lowest BCUT2D eigenvalue weighted by atomic mass is 10.1. The van der Waals surface area contributed by atoms with E-state index in [0.717, 1.165) is 18.7 Å². The molecule has 1 aromatic carbocycles. The second-order valence-electron chi connectivity index (χ2n) is 4.80. The fourth-order valence-corrected chi connectivity index (χ4v) is 1.69. The molecule has 1 atom stereocenters. The zero-order valence-corrected chi connectivity index (χ0v) is 10.8. The van der Waals surface area contributed by atoms with Crippen LogP contribution in [0.25, 0.3) is 0 Å². The van der Waals surface area contributed by atoms with Gasteiger partial charge in [-0.2, -0.15) is 4.98 Å². The lowest BCUT2D eigenvalue weighted by Gasteiger charge is -2.09. The van der Waals surface area contributed by atoms with Crippen molar-refractivity contribution in [3.05, 3.63) is 47.6 Å². The molecule has 0 amide bonds. The van der Waals surface area contributed by atoms with Crippen molar-refractivity contribution in [1.29, 1.82) is 0 Å². The van der Waals surface area contributed by atoms with E-state index in [1.165, 1.54) is 5.56 Å². The van der Waals surface area contributed by atoms with Gasteiger partial charge in [0, 0.05) is 6.42 Å². The van der Waals surface area contributed by atoms with Gasteiger partial charge < -0.3 is 10.3 Å². The molecule has 4 nitrogen and oxygen atoms in total. The minimum absolute atomic E-state index is 0.178. The third kappa shape index (κ3) is 3.17. The van der Waals surface area contributed by atoms with Crippen molar-refractivity contribution < 1.29 is 4.52 Å². The Morgan fingerprint density at radius 2 is 1.89 bits per heavy atom. The van der Waals surface area contributed by atoms with Crippen LogP contribution in [0, 0.1) is 5.92 Å². The lowest BCUT2D eigenvalue weighted by molar-refractivity contribution is 0.322. The summed E-state index contributed by atoms with van der Waals surface area (Å²) in [5.74, 6) is 1.56. The average molecular weight is 245 g/mol. The van der Waals surface area contributed by atoms with Gasteiger partial charge in [-0.15, -0.1) is 0 Å². The van der Waals surface area contributed by atoms with Gasteiger partial charge in [0.05, 0.1) is 6.04 Å². The van der Waals surface area contributed by atoms with E-state index in [9.17, 15) is 0 Å². The number of benzene rings is 1. The molecule has 0 aliphatic heterocycles. The molecule has 0 saturated carbocycles. The summed E-state index contributed by atoms with van der Waals surface area (Å²) in [6, 6.07) is 10.1. The molecule has 0 saturated heterocycles. The Hall–Kier alpha value is -1.68. The van der Waals surface area contributed by atoms with Crippen LogP contribution in [0.2, 0.25) is 0 Å². The van der Waals surface area contributed by atoms with Gasteiger partial charge in [-0.3, -0.25) is 0 Å². The van der Waals surface area contributed by atoms with E-state index in [1.54, 1.807) is 0 Å². The summed E-state index contributed by atoms with van der Waals surface area (Å²) in [6.07, 6.45) is 1.69. The van der Waals surface area contributed by atoms with Gasteiger partial charge in [-0.05, 0) is 17.9 Å². The van der Waals surface area contributed by atoms with Crippen LogP contribution < -0.4 is 5.73 Å². The summed E-state index contributed by atoms with van der Waals surface area (Å²) in [5, 5.41) is 3.97. The van der Waals surface area contributed by atoms with E-state index in [4.69, 9.17) is 10.3 Å². The fourth-order valence-electron chi connectivity index (χ4n) is 1.69. The molecule has 1 aromatic heterocycles. The van der Waals surface area contributed by atoms with Gasteiger partial charge in [0.2, 0.25) is 5.89 Å². The van der Waals surface area contributed by atoms with Crippen LogP contribution in [0.1, 0.15) is 37.2 Å². The zero-order valence-electron chi connectivity index (χ0n) is 10.8. The monoisotopic (exact) mass is 245 g/mol. The van der Waals surface area contributed by atoms with Crippen LogP contribution in [-0.2, 0) is 12.8 Å². The quantitative estimate of drug-likeness (QED) is 0.879. The Labute approximate surface area is 107 Å². The van der Waals surface area contributed by atoms with E-state index in [1.807, 2.05) is 32.0 Å². The number of nitrogens with two attached hydrogens (primary N) is 1. The molecule has 0 aliphatic rings. The maximum Gasteiger partial charge on any atom is 0.243 e. The van der Waals surface area contributed by atoms with Crippen LogP contribution in [0.4, 0.5) is 0 Å². The summed E-state index contributed by atoms with van der Waals surface area (Å²) < 4.78 is 5.19. The predicted molar refractivity (Wildman–Crippen MR) is 69.9 cm³/mol. The Morgan fingerprint density at radius 1 is 1.17 bits per heavy atom. The van der Waals surface area contributed by atoms with Crippen molar-refractivity contribution in [3.63, 3.8) is 0 Å². The van der Waals surface area contributed by atoms with Gasteiger partial charge in [-0.25, -0.2) is 0 Å². The van der Waals surface area contributed by atoms with E-state index in [2.05, 4.69) is 22.3 Å². The lowest BCUT2D eigenvalue weighted by Crippen LogP contribution is -2.17. The average Bonchev–Trinajstić information content (AvgIpc) is 2.85. The van der Waals surface area contributed by atoms with Crippen molar-refractivity contribution in [1.82, 2.24) is 10.1 Å². The van der Waals surface area contributed by atoms with Crippen LogP contribution in [0.3, 0.4) is 0 Å². The van der Waals surface area contributed by atoms with Gasteiger partial charge in [0.1, 0.15) is 0 Å². The van der Waals surface area contributed by atoms with E-state index < -0.39 is 0 Å². The first kappa shape index (κ1) is 12.8. The van der Waals surface area contributed by atoms with Crippen LogP contribution in [0.5, 0.6) is 0 Å². The molecule has 0 radical (unpaired) electrons. The highest BCUT2D eigenvalue weighted by Gasteiger charge is 2.17. The summed E-state index contributed by atoms with van der Waals surface area (Å²) in [6.45, 7) is 4.08. The molecular formula is C14H19N3O. The first-order valence-electron chi connectivity index (χ1n) is 6.29. The molecule has 2 N–H and O–H groups in total. The van der Waals surface area contributed by atoms with Crippen molar-refractivity contribution in [2.75, 3.05) is 0 Å². The smallest absolute Gasteiger partial charge is 0.243 e. The largest absolute Gasteiger partial charge is 0.338 e. The Kier molecular flexibility index (Phi) is 4.10. The highest BCUT2D eigenvalue weighted by molar-refractivity contribution is 5.15. The molecule has 0 bridgehead atoms. The predicted octanol–water partition coefficient (Wildman–Crippen LogP) is 2.51. The first-order chi connectivity index (χ1) is 8.66. The summed E-state index contributed by atoms with van der Waals surface area (Å²) in [5.41, 5.74) is 7.24. The van der Waals surface area contributed by atoms with E-state index in [-0.39, 0.29) is 6.04 Å². The van der Waals surface area contributed by atoms with Crippen molar-refractivity contribution in [2.24, 2.45) is 11.7 Å². The minimum Gasteiger partial charge on any atom is -0.338 e. The highest BCUT2D eigenvalue weighted by Crippen LogP contribution is 2.17. The van der Waals surface area contributed by atoms with Gasteiger partial charge in [0.25, 0.3) is 0 Å². The first-order valence-corrected chi connectivity index (χ1v) is 6.29. The number of hydrogen-bond donors (Lipinski definition) is 1. The molecule has 2 aromatic rings. The number of rotatable bonds is 5. The SMILES string of the molecule is CC(C)[C@@H](N)c1nc(CCc2ccccc2)no1. The molecule has 0 unspecified atom stereocenters. The van der Waals surface area contributed by atoms with Crippen molar-refractivity contribution in [3.8, 4) is 0 Å². The van der Waals surface area contributed by atoms with Gasteiger partial charge >= 0.3 is 0 Å². The summed E-state index contributed by atoms with van der Waals surface area (Å²) in [7, 11) is 0. The zero-order chi connectivity index (χ0) is 13.0. The molecule has 4 heteroatoms. The standard InChI is InChI=1S/C14H19N3O/c1-10(2)13(15)14-16-12(17-18-14)9-8-11-6-4-3-5-7-11/h3-7,10,13H,8-9,15H2,1-2H3/t13-/m1/s1. The molecule has 1 heterocycles. The Balaban J connectivity index is 1.95. The third-order valence-electron chi connectivity index (χ3n) is 2.97. The van der Waals surface area contributed by atoms with Crippen LogP contribution >= 0.6 is 0 Å². The molecule has 0 spiro atoms. The van der Waals surface area contributed by atoms with E-state index >= 15 is 0 Å². The Bertz CT molecular complexity index is 479. The van der Waals surface area contributed by atoms with Crippen molar-refractivity contribution >= 4 is 0 Å². The molecule has 96 valence electrons. The summed E-state index contributed by atoms with van der Waals surface area (Å²) in [4.78, 5) is 4.34.